The van der Waals surface area contributed by atoms with E-state index in [-0.39, 0.29) is 5.91 Å². The quantitative estimate of drug-likeness (QED) is 0.688. The van der Waals surface area contributed by atoms with Gasteiger partial charge in [-0.1, -0.05) is 37.6 Å². The lowest BCUT2D eigenvalue weighted by molar-refractivity contribution is 0.0953. The lowest BCUT2D eigenvalue weighted by atomic mass is 10.1. The minimum atomic E-state index is -1.32. The Morgan fingerprint density at radius 2 is 1.81 bits per heavy atom. The molecule has 1 unspecified atom stereocenters. The molecule has 1 atom stereocenters. The fourth-order valence-electron chi connectivity index (χ4n) is 2.93. The summed E-state index contributed by atoms with van der Waals surface area (Å²) in [5.41, 5.74) is 2.85. The highest BCUT2D eigenvalue weighted by Crippen LogP contribution is 2.21. The van der Waals surface area contributed by atoms with Gasteiger partial charge in [-0.3, -0.25) is 4.79 Å². The number of amides is 1. The normalized spacial score (nSPS) is 15.1. The number of nitrogens with zero attached hydrogens (tertiary/aromatic N) is 1. The van der Waals surface area contributed by atoms with Gasteiger partial charge in [-0.05, 0) is 49.1 Å². The number of nitrogens with one attached hydrogen (secondary N) is 2. The SMILES string of the molecule is CCCCc1ccc(C(=O)NCCCNC2=NS(=O)c3ccccc32)cc1. The maximum absolute atomic E-state index is 12.2. The zero-order valence-corrected chi connectivity index (χ0v) is 16.3. The van der Waals surface area contributed by atoms with Crippen molar-refractivity contribution in [2.75, 3.05) is 13.1 Å². The van der Waals surface area contributed by atoms with Gasteiger partial charge in [0.05, 0.1) is 4.90 Å². The Balaban J connectivity index is 1.40. The van der Waals surface area contributed by atoms with Gasteiger partial charge in [0.15, 0.2) is 11.0 Å². The lowest BCUT2D eigenvalue weighted by Gasteiger charge is -2.08. The van der Waals surface area contributed by atoms with Crippen molar-refractivity contribution in [3.63, 3.8) is 0 Å². The Labute approximate surface area is 162 Å². The number of aryl methyl sites for hydroxylation is 1. The maximum atomic E-state index is 12.2. The Bertz CT molecular complexity index is 847. The van der Waals surface area contributed by atoms with Crippen molar-refractivity contribution in [3.8, 4) is 0 Å². The number of benzene rings is 2. The second kappa shape index (κ2) is 9.46. The third-order valence-corrected chi connectivity index (χ3v) is 5.55. The third kappa shape index (κ3) is 5.04. The molecule has 27 heavy (non-hydrogen) atoms. The van der Waals surface area contributed by atoms with Gasteiger partial charge in [-0.25, -0.2) is 4.21 Å². The molecular formula is C21H25N3O2S. The van der Waals surface area contributed by atoms with Gasteiger partial charge in [-0.2, -0.15) is 4.40 Å². The molecule has 1 aliphatic heterocycles. The Hall–Kier alpha value is -2.47. The fourth-order valence-corrected chi connectivity index (χ4v) is 3.90. The van der Waals surface area contributed by atoms with Crippen molar-refractivity contribution in [1.29, 1.82) is 0 Å². The van der Waals surface area contributed by atoms with E-state index in [4.69, 9.17) is 0 Å². The average molecular weight is 384 g/mol. The number of hydrogen-bond acceptors (Lipinski definition) is 3. The minimum absolute atomic E-state index is 0.0540. The molecule has 2 aromatic rings. The van der Waals surface area contributed by atoms with Crippen LogP contribution in [0.25, 0.3) is 0 Å². The van der Waals surface area contributed by atoms with Crippen LogP contribution in [-0.4, -0.2) is 29.0 Å². The molecule has 2 aromatic carbocycles. The summed E-state index contributed by atoms with van der Waals surface area (Å²) >= 11 is 0. The number of carbonyl (C=O) groups is 1. The van der Waals surface area contributed by atoms with E-state index in [0.717, 1.165) is 23.3 Å². The van der Waals surface area contributed by atoms with Gasteiger partial charge < -0.3 is 10.6 Å². The van der Waals surface area contributed by atoms with Gasteiger partial charge >= 0.3 is 0 Å². The van der Waals surface area contributed by atoms with Crippen molar-refractivity contribution >= 4 is 22.7 Å². The predicted octanol–water partition coefficient (Wildman–Crippen LogP) is 3.22. The summed E-state index contributed by atoms with van der Waals surface area (Å²) in [6, 6.07) is 15.3. The van der Waals surface area contributed by atoms with E-state index < -0.39 is 11.0 Å². The molecule has 2 N–H and O–H groups in total. The summed E-state index contributed by atoms with van der Waals surface area (Å²) in [6.45, 7) is 3.40. The van der Waals surface area contributed by atoms with Crippen LogP contribution in [-0.2, 0) is 17.4 Å². The first-order chi connectivity index (χ1) is 13.2. The van der Waals surface area contributed by atoms with Crippen LogP contribution in [0.15, 0.2) is 57.8 Å². The molecule has 1 amide bonds. The smallest absolute Gasteiger partial charge is 0.251 e. The molecule has 0 aliphatic carbocycles. The molecule has 1 heterocycles. The molecule has 1 aliphatic rings. The molecule has 6 heteroatoms. The summed E-state index contributed by atoms with van der Waals surface area (Å²) in [6.07, 6.45) is 4.15. The van der Waals surface area contributed by atoms with E-state index in [9.17, 15) is 9.00 Å². The molecular weight excluding hydrogens is 358 g/mol. The van der Waals surface area contributed by atoms with Gasteiger partial charge in [-0.15, -0.1) is 0 Å². The van der Waals surface area contributed by atoms with Crippen LogP contribution in [0.2, 0.25) is 0 Å². The van der Waals surface area contributed by atoms with Crippen LogP contribution in [0.4, 0.5) is 0 Å². The highest BCUT2D eigenvalue weighted by Gasteiger charge is 2.20. The second-order valence-corrected chi connectivity index (χ2v) is 7.64. The maximum Gasteiger partial charge on any atom is 0.251 e. The molecule has 0 bridgehead atoms. The zero-order valence-electron chi connectivity index (χ0n) is 15.5. The van der Waals surface area contributed by atoms with Crippen LogP contribution in [0.5, 0.6) is 0 Å². The minimum Gasteiger partial charge on any atom is -0.369 e. The van der Waals surface area contributed by atoms with E-state index in [1.807, 2.05) is 48.5 Å². The fraction of sp³-hybridized carbons (Fsp3) is 0.333. The van der Waals surface area contributed by atoms with E-state index >= 15 is 0 Å². The first-order valence-electron chi connectivity index (χ1n) is 9.40. The number of rotatable bonds is 8. The number of unbranched alkanes of at least 4 members (excludes halogenated alkanes) is 1. The summed E-state index contributed by atoms with van der Waals surface area (Å²) < 4.78 is 16.1. The van der Waals surface area contributed by atoms with Crippen LogP contribution in [0.3, 0.4) is 0 Å². The third-order valence-electron chi connectivity index (χ3n) is 4.47. The predicted molar refractivity (Wildman–Crippen MR) is 109 cm³/mol. The van der Waals surface area contributed by atoms with Gasteiger partial charge in [0, 0.05) is 24.2 Å². The summed E-state index contributed by atoms with van der Waals surface area (Å²) in [7, 11) is -1.32. The molecule has 3 rings (SSSR count). The van der Waals surface area contributed by atoms with Gasteiger partial charge in [0.2, 0.25) is 0 Å². The zero-order chi connectivity index (χ0) is 19.1. The van der Waals surface area contributed by atoms with Crippen molar-refractivity contribution in [3.05, 3.63) is 65.2 Å². The van der Waals surface area contributed by atoms with Crippen molar-refractivity contribution in [2.45, 2.75) is 37.5 Å². The van der Waals surface area contributed by atoms with Crippen LogP contribution in [0.1, 0.15) is 47.7 Å². The van der Waals surface area contributed by atoms with Crippen molar-refractivity contribution in [2.24, 2.45) is 4.40 Å². The summed E-state index contributed by atoms with van der Waals surface area (Å²) in [5, 5.41) is 6.15. The number of amidine groups is 1. The van der Waals surface area contributed by atoms with Crippen molar-refractivity contribution in [1.82, 2.24) is 10.6 Å². The van der Waals surface area contributed by atoms with Gasteiger partial charge in [0.25, 0.3) is 5.91 Å². The lowest BCUT2D eigenvalue weighted by Crippen LogP contribution is -2.29. The molecule has 0 aromatic heterocycles. The van der Waals surface area contributed by atoms with E-state index in [2.05, 4.69) is 22.0 Å². The molecule has 0 fully saturated rings. The Morgan fingerprint density at radius 3 is 2.59 bits per heavy atom. The number of carbonyl (C=O) groups excluding carboxylic acids is 1. The highest BCUT2D eigenvalue weighted by molar-refractivity contribution is 7.84. The Morgan fingerprint density at radius 1 is 1.04 bits per heavy atom. The first kappa shape index (κ1) is 19.3. The molecule has 142 valence electrons. The van der Waals surface area contributed by atoms with Crippen LogP contribution >= 0.6 is 0 Å². The van der Waals surface area contributed by atoms with E-state index in [1.165, 1.54) is 18.4 Å². The first-order valence-corrected chi connectivity index (χ1v) is 10.5. The molecule has 0 saturated heterocycles. The highest BCUT2D eigenvalue weighted by atomic mass is 32.2. The van der Waals surface area contributed by atoms with Crippen LogP contribution in [0, 0.1) is 0 Å². The Kier molecular flexibility index (Phi) is 6.76. The summed E-state index contributed by atoms with van der Waals surface area (Å²) in [4.78, 5) is 12.9. The molecule has 0 saturated carbocycles. The molecule has 5 nitrogen and oxygen atoms in total. The van der Waals surface area contributed by atoms with Crippen molar-refractivity contribution < 1.29 is 9.00 Å². The summed E-state index contributed by atoms with van der Waals surface area (Å²) in [5.74, 6) is 0.611. The van der Waals surface area contributed by atoms with Gasteiger partial charge in [0.1, 0.15) is 5.84 Å². The van der Waals surface area contributed by atoms with E-state index in [0.29, 0.717) is 24.5 Å². The van der Waals surface area contributed by atoms with E-state index in [1.54, 1.807) is 0 Å². The molecule has 0 spiro atoms. The standard InChI is InChI=1S/C21H25N3O2S/c1-2-3-7-16-10-12-17(13-11-16)21(25)23-15-6-14-22-20-18-8-4-5-9-19(18)27(26)24-20/h4-5,8-13H,2-3,6-7,14-15H2,1H3,(H,22,24)(H,23,25). The van der Waals surface area contributed by atoms with Crippen LogP contribution < -0.4 is 10.6 Å². The molecule has 0 radical (unpaired) electrons. The largest absolute Gasteiger partial charge is 0.369 e. The topological polar surface area (TPSA) is 70.6 Å². The second-order valence-electron chi connectivity index (χ2n) is 6.52. The number of hydrogen-bond donors (Lipinski definition) is 2. The monoisotopic (exact) mass is 383 g/mol. The average Bonchev–Trinajstić information content (AvgIpc) is 3.02. The number of fused-ring (bicyclic) bond motifs is 1.